The number of nitrogens with zero attached hydrogens (tertiary/aromatic N) is 1. The van der Waals surface area contributed by atoms with Gasteiger partial charge in [0.1, 0.15) is 0 Å². The minimum absolute atomic E-state index is 0.660. The van der Waals surface area contributed by atoms with Crippen LogP contribution >= 0.6 is 0 Å². The van der Waals surface area contributed by atoms with Crippen LogP contribution < -0.4 is 10.2 Å². The summed E-state index contributed by atoms with van der Waals surface area (Å²) in [6, 6.07) is 9.23. The van der Waals surface area contributed by atoms with E-state index in [2.05, 4.69) is 55.5 Å². The number of hydrogen-bond acceptors (Lipinski definition) is 2. The molecule has 1 aliphatic carbocycles. The third-order valence-corrected chi connectivity index (χ3v) is 3.76. The van der Waals surface area contributed by atoms with Crippen LogP contribution in [-0.2, 0) is 0 Å². The number of benzene rings is 1. The molecule has 0 heterocycles. The molecule has 0 radical (unpaired) electrons. The van der Waals surface area contributed by atoms with Gasteiger partial charge in [0.25, 0.3) is 0 Å². The molecule has 1 aromatic carbocycles. The molecule has 1 aliphatic rings. The highest BCUT2D eigenvalue weighted by atomic mass is 15.1. The van der Waals surface area contributed by atoms with E-state index in [9.17, 15) is 0 Å². The molecule has 0 aliphatic heterocycles. The van der Waals surface area contributed by atoms with Gasteiger partial charge in [-0.1, -0.05) is 19.1 Å². The Hall–Kier alpha value is -1.18. The zero-order valence-electron chi connectivity index (χ0n) is 11.2. The Labute approximate surface area is 105 Å². The van der Waals surface area contributed by atoms with Crippen molar-refractivity contribution in [3.05, 3.63) is 24.3 Å². The molecule has 2 rings (SSSR count). The second-order valence-electron chi connectivity index (χ2n) is 5.51. The van der Waals surface area contributed by atoms with Crippen LogP contribution in [0.15, 0.2) is 24.3 Å². The molecule has 0 spiro atoms. The minimum atomic E-state index is 0.660. The Kier molecular flexibility index (Phi) is 3.93. The van der Waals surface area contributed by atoms with Gasteiger partial charge in [-0.15, -0.1) is 0 Å². The number of para-hydroxylation sites is 2. The number of nitrogens with one attached hydrogen (secondary N) is 1. The van der Waals surface area contributed by atoms with Crippen molar-refractivity contribution >= 4 is 11.4 Å². The van der Waals surface area contributed by atoms with Gasteiger partial charge in [-0.25, -0.2) is 0 Å². The molecular weight excluding hydrogens is 208 g/mol. The first-order valence-corrected chi connectivity index (χ1v) is 6.69. The molecular formula is C15H24N2. The van der Waals surface area contributed by atoms with Crippen LogP contribution in [-0.4, -0.2) is 20.1 Å². The van der Waals surface area contributed by atoms with Gasteiger partial charge in [-0.2, -0.15) is 0 Å². The molecule has 1 aromatic rings. The highest BCUT2D eigenvalue weighted by Gasteiger charge is 2.18. The molecule has 0 aromatic heterocycles. The highest BCUT2D eigenvalue weighted by Crippen LogP contribution is 2.29. The topological polar surface area (TPSA) is 15.3 Å². The first-order valence-electron chi connectivity index (χ1n) is 6.69. The van der Waals surface area contributed by atoms with Gasteiger partial charge in [0.15, 0.2) is 0 Å². The van der Waals surface area contributed by atoms with Gasteiger partial charge in [0.05, 0.1) is 11.4 Å². The van der Waals surface area contributed by atoms with Crippen LogP contribution in [0.3, 0.4) is 0 Å². The number of rotatable bonds is 3. The molecule has 0 saturated heterocycles. The van der Waals surface area contributed by atoms with Crippen LogP contribution in [0, 0.1) is 5.92 Å². The van der Waals surface area contributed by atoms with Crippen molar-refractivity contribution in [2.75, 3.05) is 24.3 Å². The molecule has 2 nitrogen and oxygen atoms in total. The lowest BCUT2D eigenvalue weighted by molar-refractivity contribution is 0.361. The molecule has 0 amide bonds. The van der Waals surface area contributed by atoms with Gasteiger partial charge in [-0.05, 0) is 43.7 Å². The van der Waals surface area contributed by atoms with E-state index in [-0.39, 0.29) is 0 Å². The van der Waals surface area contributed by atoms with Crippen LogP contribution in [0.5, 0.6) is 0 Å². The summed E-state index contributed by atoms with van der Waals surface area (Å²) in [5, 5.41) is 3.71. The van der Waals surface area contributed by atoms with Gasteiger partial charge >= 0.3 is 0 Å². The summed E-state index contributed by atoms with van der Waals surface area (Å²) in [5.41, 5.74) is 2.56. The molecule has 17 heavy (non-hydrogen) atoms. The average Bonchev–Trinajstić information content (AvgIpc) is 2.32. The fourth-order valence-electron chi connectivity index (χ4n) is 2.61. The molecule has 94 valence electrons. The van der Waals surface area contributed by atoms with Gasteiger partial charge < -0.3 is 10.2 Å². The van der Waals surface area contributed by atoms with Gasteiger partial charge in [0.2, 0.25) is 0 Å². The zero-order valence-corrected chi connectivity index (χ0v) is 11.2. The standard InChI is InChI=1S/C15H24N2/c1-12-8-10-13(11-9-12)16-14-6-4-5-7-15(14)17(2)3/h4-7,12-13,16H,8-11H2,1-3H3. The maximum absolute atomic E-state index is 3.71. The Morgan fingerprint density at radius 3 is 2.35 bits per heavy atom. The van der Waals surface area contributed by atoms with E-state index in [0.29, 0.717) is 6.04 Å². The zero-order chi connectivity index (χ0) is 12.3. The summed E-state index contributed by atoms with van der Waals surface area (Å²) in [7, 11) is 4.20. The quantitative estimate of drug-likeness (QED) is 0.854. The van der Waals surface area contributed by atoms with Crippen molar-refractivity contribution in [3.8, 4) is 0 Å². The van der Waals surface area contributed by atoms with Crippen molar-refractivity contribution in [3.63, 3.8) is 0 Å². The second-order valence-corrected chi connectivity index (χ2v) is 5.51. The minimum Gasteiger partial charge on any atom is -0.381 e. The summed E-state index contributed by atoms with van der Waals surface area (Å²) in [6.07, 6.45) is 5.34. The van der Waals surface area contributed by atoms with Crippen molar-refractivity contribution in [1.82, 2.24) is 0 Å². The largest absolute Gasteiger partial charge is 0.381 e. The lowest BCUT2D eigenvalue weighted by Crippen LogP contribution is -2.26. The Morgan fingerprint density at radius 2 is 1.71 bits per heavy atom. The van der Waals surface area contributed by atoms with Crippen LogP contribution in [0.4, 0.5) is 11.4 Å². The van der Waals surface area contributed by atoms with E-state index >= 15 is 0 Å². The molecule has 1 fully saturated rings. The second kappa shape index (κ2) is 5.44. The summed E-state index contributed by atoms with van der Waals surface area (Å²) >= 11 is 0. The molecule has 0 atom stereocenters. The summed E-state index contributed by atoms with van der Waals surface area (Å²) in [6.45, 7) is 2.37. The van der Waals surface area contributed by atoms with E-state index in [0.717, 1.165) is 5.92 Å². The van der Waals surface area contributed by atoms with Crippen molar-refractivity contribution in [2.24, 2.45) is 5.92 Å². The van der Waals surface area contributed by atoms with Gasteiger partial charge in [-0.3, -0.25) is 0 Å². The predicted octanol–water partition coefficient (Wildman–Crippen LogP) is 3.74. The lowest BCUT2D eigenvalue weighted by Gasteiger charge is -2.29. The monoisotopic (exact) mass is 232 g/mol. The first-order chi connectivity index (χ1) is 8.16. The molecule has 0 bridgehead atoms. The fraction of sp³-hybridized carbons (Fsp3) is 0.600. The molecule has 2 heteroatoms. The van der Waals surface area contributed by atoms with E-state index in [4.69, 9.17) is 0 Å². The smallest absolute Gasteiger partial charge is 0.0596 e. The van der Waals surface area contributed by atoms with Crippen LogP contribution in [0.1, 0.15) is 32.6 Å². The summed E-state index contributed by atoms with van der Waals surface area (Å²) in [4.78, 5) is 2.17. The molecule has 1 N–H and O–H groups in total. The summed E-state index contributed by atoms with van der Waals surface area (Å²) < 4.78 is 0. The lowest BCUT2D eigenvalue weighted by atomic mass is 9.87. The normalized spacial score (nSPS) is 24.4. The van der Waals surface area contributed by atoms with Crippen molar-refractivity contribution in [1.29, 1.82) is 0 Å². The molecule has 1 saturated carbocycles. The van der Waals surface area contributed by atoms with E-state index in [1.54, 1.807) is 0 Å². The maximum Gasteiger partial charge on any atom is 0.0596 e. The van der Waals surface area contributed by atoms with Crippen LogP contribution in [0.2, 0.25) is 0 Å². The molecule has 0 unspecified atom stereocenters. The van der Waals surface area contributed by atoms with Crippen LogP contribution in [0.25, 0.3) is 0 Å². The Morgan fingerprint density at radius 1 is 1.06 bits per heavy atom. The van der Waals surface area contributed by atoms with Crippen molar-refractivity contribution < 1.29 is 0 Å². The van der Waals surface area contributed by atoms with E-state index < -0.39 is 0 Å². The predicted molar refractivity (Wildman–Crippen MR) is 75.8 cm³/mol. The third-order valence-electron chi connectivity index (χ3n) is 3.76. The third kappa shape index (κ3) is 3.15. The summed E-state index contributed by atoms with van der Waals surface area (Å²) in [5.74, 6) is 0.914. The van der Waals surface area contributed by atoms with E-state index in [1.165, 1.54) is 37.1 Å². The number of hydrogen-bond donors (Lipinski definition) is 1. The van der Waals surface area contributed by atoms with Gasteiger partial charge in [0, 0.05) is 20.1 Å². The van der Waals surface area contributed by atoms with Crippen molar-refractivity contribution in [2.45, 2.75) is 38.6 Å². The Balaban J connectivity index is 2.03. The number of anilines is 2. The average molecular weight is 232 g/mol. The maximum atomic E-state index is 3.71. The highest BCUT2D eigenvalue weighted by molar-refractivity contribution is 5.69. The fourth-order valence-corrected chi connectivity index (χ4v) is 2.61. The Bertz CT molecular complexity index is 352. The SMILES string of the molecule is CC1CCC(Nc2ccccc2N(C)C)CC1. The first kappa shape index (κ1) is 12.3. The van der Waals surface area contributed by atoms with E-state index in [1.807, 2.05) is 0 Å².